The largest absolute Gasteiger partial charge is 0.469 e. The van der Waals surface area contributed by atoms with Crippen molar-refractivity contribution in [2.45, 2.75) is 26.6 Å². The summed E-state index contributed by atoms with van der Waals surface area (Å²) in [4.78, 5) is 24.2. The summed E-state index contributed by atoms with van der Waals surface area (Å²) < 4.78 is 86.1. The summed E-state index contributed by atoms with van der Waals surface area (Å²) in [7, 11) is 1.02. The van der Waals surface area contributed by atoms with Gasteiger partial charge in [0.15, 0.2) is 0 Å². The van der Waals surface area contributed by atoms with E-state index in [0.717, 1.165) is 49.6 Å². The minimum absolute atomic E-state index is 0.120. The van der Waals surface area contributed by atoms with Gasteiger partial charge < -0.3 is 9.47 Å². The Kier molecular flexibility index (Phi) is 2.56. The van der Waals surface area contributed by atoms with Crippen LogP contribution in [0.5, 0.6) is 0 Å². The zero-order valence-electron chi connectivity index (χ0n) is 22.2. The molecule has 0 aliphatic heterocycles. The quantitative estimate of drug-likeness (QED) is 0.792. The topological polar surface area (TPSA) is 52.6 Å². The first kappa shape index (κ1) is 7.77. The number of aryl methyl sites for hydroxylation is 2. The number of hydrogen-bond donors (Lipinski definition) is 0. The van der Waals surface area contributed by atoms with Gasteiger partial charge in [-0.25, -0.2) is 4.79 Å². The van der Waals surface area contributed by atoms with E-state index in [1.54, 1.807) is 0 Å². The fourth-order valence-electron chi connectivity index (χ4n) is 1.67. The van der Waals surface area contributed by atoms with Gasteiger partial charge in [-0.15, -0.1) is 0 Å². The molecule has 0 N–H and O–H groups in total. The molecule has 0 aliphatic rings. The van der Waals surface area contributed by atoms with E-state index in [1.165, 1.54) is 0 Å². The maximum absolute atomic E-state index is 12.6. The fourth-order valence-corrected chi connectivity index (χ4v) is 1.67. The number of carbonyl (C=O) groups excluding carboxylic acids is 2. The number of hydrogen-bond acceptors (Lipinski definition) is 4. The molecule has 0 atom stereocenters. The molecule has 0 aromatic heterocycles. The molecule has 4 heteroatoms. The molecule has 2 aromatic carbocycles. The lowest BCUT2D eigenvalue weighted by Gasteiger charge is -2.08. The molecule has 4 nitrogen and oxygen atoms in total. The van der Waals surface area contributed by atoms with Gasteiger partial charge in [-0.2, -0.15) is 0 Å². The van der Waals surface area contributed by atoms with Crippen LogP contribution >= 0.6 is 0 Å². The van der Waals surface area contributed by atoms with E-state index < -0.39 is 49.7 Å². The Bertz CT molecular complexity index is 1040. The first-order valence-corrected chi connectivity index (χ1v) is 6.49. The zero-order chi connectivity index (χ0) is 25.4. The van der Waals surface area contributed by atoms with Crippen LogP contribution in [0.3, 0.4) is 0 Å². The molecule has 0 unspecified atom stereocenters. The van der Waals surface area contributed by atoms with Crippen LogP contribution in [0.2, 0.25) is 0 Å². The molecule has 0 radical (unpaired) electrons. The molecule has 0 saturated carbocycles. The highest BCUT2D eigenvalue weighted by Gasteiger charge is 2.10. The van der Waals surface area contributed by atoms with Crippen molar-refractivity contribution in [3.63, 3.8) is 0 Å². The number of rotatable bonds is 5. The monoisotopic (exact) mass is 322 g/mol. The third-order valence-electron chi connectivity index (χ3n) is 2.82. The molecule has 2 aromatic rings. The van der Waals surface area contributed by atoms with Crippen LogP contribution < -0.4 is 0 Å². The van der Waals surface area contributed by atoms with Crippen LogP contribution in [0.1, 0.15) is 46.3 Å². The van der Waals surface area contributed by atoms with Gasteiger partial charge in [-0.05, 0) is 36.5 Å². The van der Waals surface area contributed by atoms with Crippen molar-refractivity contribution in [2.75, 3.05) is 7.11 Å². The molecule has 23 heavy (non-hydrogen) atoms. The third kappa shape index (κ3) is 4.68. The Morgan fingerprint density at radius 3 is 2.48 bits per heavy atom. The fraction of sp³-hybridized carbons (Fsp3) is 0.263. The minimum atomic E-state index is -2.87. The van der Waals surface area contributed by atoms with Gasteiger partial charge in [0.1, 0.15) is 6.56 Å². The average Bonchev–Trinajstić information content (AvgIpc) is 2.71. The van der Waals surface area contributed by atoms with Crippen LogP contribution in [0, 0.1) is 13.7 Å². The molecule has 0 spiro atoms. The standard InChI is InChI=1S/C19H20O4/c1-13-4-9-17(14(2)10-13)19(21)23-12-16-7-5-15(6-8-16)11-18(20)22-3/h4-10H,11-12H2,1-3H3/i1D3,2D3,11D2,12D2. The van der Waals surface area contributed by atoms with E-state index in [2.05, 4.69) is 4.74 Å². The normalized spacial score (nSPS) is 19.0. The second-order valence-corrected chi connectivity index (χ2v) is 4.45. The van der Waals surface area contributed by atoms with Crippen molar-refractivity contribution in [1.82, 2.24) is 0 Å². The van der Waals surface area contributed by atoms with Gasteiger partial charge in [0, 0.05) is 11.0 Å². The van der Waals surface area contributed by atoms with Crippen LogP contribution in [0.25, 0.3) is 0 Å². The lowest BCUT2D eigenvalue weighted by Crippen LogP contribution is -2.07. The lowest BCUT2D eigenvalue weighted by molar-refractivity contribution is -0.139. The second-order valence-electron chi connectivity index (χ2n) is 4.45. The maximum atomic E-state index is 12.6. The molecular weight excluding hydrogens is 292 g/mol. The van der Waals surface area contributed by atoms with E-state index >= 15 is 0 Å². The van der Waals surface area contributed by atoms with Crippen molar-refractivity contribution >= 4 is 11.9 Å². The van der Waals surface area contributed by atoms with Gasteiger partial charge >= 0.3 is 11.9 Å². The first-order valence-electron chi connectivity index (χ1n) is 11.5. The SMILES string of the molecule is [2H]C([2H])([2H])c1ccc(C(=O)OC([2H])([2H])c2ccc(C([2H])([2H])C(=O)OC)cc2)c(C([2H])([2H])[2H])c1. The average molecular weight is 322 g/mol. The maximum Gasteiger partial charge on any atom is 0.338 e. The molecular formula is C19H20O4. The van der Waals surface area contributed by atoms with Crippen molar-refractivity contribution in [2.24, 2.45) is 0 Å². The Balaban J connectivity index is 2.37. The van der Waals surface area contributed by atoms with E-state index in [-0.39, 0.29) is 16.7 Å². The summed E-state index contributed by atoms with van der Waals surface area (Å²) in [5.74, 6) is -2.49. The van der Waals surface area contributed by atoms with Crippen LogP contribution in [0.4, 0.5) is 0 Å². The van der Waals surface area contributed by atoms with Crippen molar-refractivity contribution in [3.05, 3.63) is 70.3 Å². The molecule has 0 aliphatic carbocycles. The number of ether oxygens (including phenoxy) is 2. The Labute approximate surface area is 150 Å². The van der Waals surface area contributed by atoms with Crippen LogP contribution in [-0.2, 0) is 27.2 Å². The van der Waals surface area contributed by atoms with Crippen molar-refractivity contribution in [1.29, 1.82) is 0 Å². The van der Waals surface area contributed by atoms with Gasteiger partial charge in [0.2, 0.25) is 0 Å². The molecule has 0 fully saturated rings. The highest BCUT2D eigenvalue weighted by atomic mass is 16.5. The lowest BCUT2D eigenvalue weighted by atomic mass is 10.1. The number of carbonyl (C=O) groups is 2. The van der Waals surface area contributed by atoms with Crippen LogP contribution in [0.15, 0.2) is 42.5 Å². The van der Waals surface area contributed by atoms with E-state index in [0.29, 0.717) is 0 Å². The van der Waals surface area contributed by atoms with E-state index in [9.17, 15) is 9.59 Å². The van der Waals surface area contributed by atoms with E-state index in [4.69, 9.17) is 18.4 Å². The predicted octanol–water partition coefficient (Wildman–Crippen LogP) is 3.38. The van der Waals surface area contributed by atoms with Crippen LogP contribution in [-0.4, -0.2) is 19.0 Å². The van der Waals surface area contributed by atoms with Crippen molar-refractivity contribution in [3.8, 4) is 0 Å². The summed E-state index contributed by atoms with van der Waals surface area (Å²) in [5, 5.41) is 0. The Hall–Kier alpha value is -2.62. The molecule has 2 rings (SSSR count). The summed E-state index contributed by atoms with van der Waals surface area (Å²) >= 11 is 0. The number of benzene rings is 2. The van der Waals surface area contributed by atoms with Gasteiger partial charge in [-0.3, -0.25) is 4.79 Å². The second kappa shape index (κ2) is 7.58. The molecule has 0 bridgehead atoms. The summed E-state index contributed by atoms with van der Waals surface area (Å²) in [6.45, 7) is -8.25. The Morgan fingerprint density at radius 1 is 1.09 bits per heavy atom. The number of esters is 2. The highest BCUT2D eigenvalue weighted by molar-refractivity contribution is 5.91. The molecule has 0 heterocycles. The molecule has 120 valence electrons. The molecule has 0 amide bonds. The third-order valence-corrected chi connectivity index (χ3v) is 2.82. The number of methoxy groups -OCH3 is 1. The van der Waals surface area contributed by atoms with E-state index in [1.807, 2.05) is 0 Å². The molecule has 0 saturated heterocycles. The summed E-state index contributed by atoms with van der Waals surface area (Å²) in [6, 6.07) is 7.29. The highest BCUT2D eigenvalue weighted by Crippen LogP contribution is 2.13. The van der Waals surface area contributed by atoms with Gasteiger partial charge in [0.25, 0.3) is 0 Å². The predicted molar refractivity (Wildman–Crippen MR) is 87.2 cm³/mol. The summed E-state index contributed by atoms with van der Waals surface area (Å²) in [6.07, 6.45) is -2.49. The first-order chi connectivity index (χ1) is 14.9. The zero-order valence-corrected chi connectivity index (χ0v) is 12.2. The Morgan fingerprint density at radius 2 is 1.83 bits per heavy atom. The smallest absolute Gasteiger partial charge is 0.338 e. The van der Waals surface area contributed by atoms with Crippen molar-refractivity contribution < 1.29 is 32.8 Å². The van der Waals surface area contributed by atoms with Gasteiger partial charge in [0.05, 0.1) is 21.8 Å². The minimum Gasteiger partial charge on any atom is -0.469 e. The summed E-state index contributed by atoms with van der Waals surface area (Å²) in [5.41, 5.74) is -1.76. The van der Waals surface area contributed by atoms with Gasteiger partial charge in [-0.1, -0.05) is 42.0 Å².